The number of rotatable bonds is 7. The highest BCUT2D eigenvalue weighted by Crippen LogP contribution is 2.19. The number of amides is 2. The van der Waals surface area contributed by atoms with Crippen LogP contribution in [-0.4, -0.2) is 82.8 Å². The molecule has 180 valence electrons. The molecule has 2 amide bonds. The normalized spacial score (nSPS) is 13.7. The van der Waals surface area contributed by atoms with E-state index in [1.165, 1.54) is 15.7 Å². The van der Waals surface area contributed by atoms with Crippen molar-refractivity contribution in [1.29, 1.82) is 0 Å². The summed E-state index contributed by atoms with van der Waals surface area (Å²) < 4.78 is 8.44. The number of anilines is 1. The highest BCUT2D eigenvalue weighted by molar-refractivity contribution is 6.07. The average Bonchev–Trinajstić information content (AvgIpc) is 3.65. The van der Waals surface area contributed by atoms with Crippen molar-refractivity contribution in [3.8, 4) is 11.4 Å². The monoisotopic (exact) mass is 476 g/mol. The molecule has 0 spiro atoms. The van der Waals surface area contributed by atoms with E-state index in [0.717, 1.165) is 5.56 Å². The average molecular weight is 477 g/mol. The van der Waals surface area contributed by atoms with Gasteiger partial charge in [0.1, 0.15) is 5.69 Å². The Labute approximate surface area is 200 Å². The van der Waals surface area contributed by atoms with Crippen molar-refractivity contribution < 1.29 is 14.3 Å². The lowest BCUT2D eigenvalue weighted by Gasteiger charge is -2.27. The number of nitrogens with one attached hydrogen (secondary N) is 1. The summed E-state index contributed by atoms with van der Waals surface area (Å²) in [6, 6.07) is 11.1. The molecule has 5 rings (SSSR count). The second-order valence-electron chi connectivity index (χ2n) is 7.81. The van der Waals surface area contributed by atoms with Crippen LogP contribution in [0.2, 0.25) is 0 Å². The molecule has 35 heavy (non-hydrogen) atoms. The van der Waals surface area contributed by atoms with E-state index in [9.17, 15) is 9.59 Å². The van der Waals surface area contributed by atoms with Gasteiger partial charge in [0.25, 0.3) is 11.8 Å². The second-order valence-corrected chi connectivity index (χ2v) is 7.81. The van der Waals surface area contributed by atoms with Crippen molar-refractivity contribution >= 4 is 17.5 Å². The van der Waals surface area contributed by atoms with Crippen LogP contribution < -0.4 is 5.32 Å². The summed E-state index contributed by atoms with van der Waals surface area (Å²) in [4.78, 5) is 29.1. The van der Waals surface area contributed by atoms with Gasteiger partial charge in [-0.3, -0.25) is 14.3 Å². The molecule has 4 heterocycles. The van der Waals surface area contributed by atoms with Crippen LogP contribution in [0.15, 0.2) is 48.8 Å². The van der Waals surface area contributed by atoms with Gasteiger partial charge in [-0.25, -0.2) is 4.68 Å². The topological polar surface area (TPSA) is 138 Å². The number of nitrogens with zero attached hydrogens (tertiary/aromatic N) is 9. The molecule has 1 aromatic carbocycles. The fourth-order valence-electron chi connectivity index (χ4n) is 3.74. The lowest BCUT2D eigenvalue weighted by molar-refractivity contribution is 0.0295. The van der Waals surface area contributed by atoms with Gasteiger partial charge in [-0.15, -0.1) is 15.0 Å². The number of carbonyl (C=O) groups is 2. The summed E-state index contributed by atoms with van der Waals surface area (Å²) in [7, 11) is 0. The smallest absolute Gasteiger partial charge is 0.276 e. The Bertz CT molecular complexity index is 1320. The molecule has 13 heteroatoms. The summed E-state index contributed by atoms with van der Waals surface area (Å²) in [5.74, 6) is -0.145. The SMILES string of the molecule is CCn1ncc(NC(=O)c2ccn(Cn3nnc(-c4ccccc4)n3)n2)c1C(=O)N1CCOCC1. The maximum Gasteiger partial charge on any atom is 0.276 e. The number of carbonyl (C=O) groups excluding carboxylic acids is 2. The summed E-state index contributed by atoms with van der Waals surface area (Å²) in [6.45, 7) is 4.52. The number of hydrogen-bond donors (Lipinski definition) is 1. The Morgan fingerprint density at radius 2 is 1.89 bits per heavy atom. The van der Waals surface area contributed by atoms with Crippen LogP contribution >= 0.6 is 0 Å². The molecule has 1 aliphatic rings. The van der Waals surface area contributed by atoms with Crippen LogP contribution in [0.5, 0.6) is 0 Å². The van der Waals surface area contributed by atoms with E-state index in [2.05, 4.69) is 30.9 Å². The van der Waals surface area contributed by atoms with Gasteiger partial charge >= 0.3 is 0 Å². The van der Waals surface area contributed by atoms with Crippen molar-refractivity contribution in [2.24, 2.45) is 0 Å². The minimum Gasteiger partial charge on any atom is -0.378 e. The first-order valence-corrected chi connectivity index (χ1v) is 11.2. The molecule has 4 aromatic rings. The van der Waals surface area contributed by atoms with E-state index in [4.69, 9.17) is 4.74 Å². The fourth-order valence-corrected chi connectivity index (χ4v) is 3.74. The van der Waals surface area contributed by atoms with Crippen LogP contribution in [0.3, 0.4) is 0 Å². The quantitative estimate of drug-likeness (QED) is 0.417. The molecule has 0 saturated carbocycles. The molecule has 1 aliphatic heterocycles. The maximum atomic E-state index is 13.1. The number of morpholine rings is 1. The number of benzene rings is 1. The summed E-state index contributed by atoms with van der Waals surface area (Å²) >= 11 is 0. The Hall–Kier alpha value is -4.39. The van der Waals surface area contributed by atoms with Gasteiger partial charge in [0, 0.05) is 31.4 Å². The van der Waals surface area contributed by atoms with Crippen molar-refractivity contribution in [3.05, 3.63) is 60.2 Å². The predicted molar refractivity (Wildman–Crippen MR) is 123 cm³/mol. The summed E-state index contributed by atoms with van der Waals surface area (Å²) in [6.07, 6.45) is 3.13. The molecule has 0 bridgehead atoms. The Balaban J connectivity index is 1.28. The zero-order valence-electron chi connectivity index (χ0n) is 19.1. The van der Waals surface area contributed by atoms with Crippen LogP contribution in [0, 0.1) is 0 Å². The number of aromatic nitrogens is 8. The molecular formula is C22H24N10O3. The molecule has 13 nitrogen and oxygen atoms in total. The maximum absolute atomic E-state index is 13.1. The molecule has 1 fully saturated rings. The summed E-state index contributed by atoms with van der Waals surface area (Å²) in [5, 5.41) is 23.8. The lowest BCUT2D eigenvalue weighted by atomic mass is 10.2. The lowest BCUT2D eigenvalue weighted by Crippen LogP contribution is -2.41. The van der Waals surface area contributed by atoms with Crippen LogP contribution in [0.1, 0.15) is 27.9 Å². The highest BCUT2D eigenvalue weighted by atomic mass is 16.5. The predicted octanol–water partition coefficient (Wildman–Crippen LogP) is 0.983. The third-order valence-corrected chi connectivity index (χ3v) is 5.52. The van der Waals surface area contributed by atoms with Crippen molar-refractivity contribution in [2.75, 3.05) is 31.6 Å². The van der Waals surface area contributed by atoms with E-state index >= 15 is 0 Å². The van der Waals surface area contributed by atoms with Crippen molar-refractivity contribution in [2.45, 2.75) is 20.1 Å². The minimum absolute atomic E-state index is 0.182. The molecular weight excluding hydrogens is 452 g/mol. The highest BCUT2D eigenvalue weighted by Gasteiger charge is 2.26. The van der Waals surface area contributed by atoms with Gasteiger partial charge < -0.3 is 15.0 Å². The first-order valence-electron chi connectivity index (χ1n) is 11.2. The Morgan fingerprint density at radius 1 is 1.09 bits per heavy atom. The van der Waals surface area contributed by atoms with E-state index in [0.29, 0.717) is 50.1 Å². The van der Waals surface area contributed by atoms with Crippen molar-refractivity contribution in [3.63, 3.8) is 0 Å². The number of aryl methyl sites for hydroxylation is 1. The number of tetrazole rings is 1. The van der Waals surface area contributed by atoms with Crippen LogP contribution in [0.4, 0.5) is 5.69 Å². The molecule has 1 saturated heterocycles. The molecule has 1 N–H and O–H groups in total. The van der Waals surface area contributed by atoms with Gasteiger partial charge in [-0.05, 0) is 18.2 Å². The van der Waals surface area contributed by atoms with Crippen LogP contribution in [0.25, 0.3) is 11.4 Å². The van der Waals surface area contributed by atoms with Crippen molar-refractivity contribution in [1.82, 2.24) is 44.7 Å². The third-order valence-electron chi connectivity index (χ3n) is 5.52. The second kappa shape index (κ2) is 9.85. The fraction of sp³-hybridized carbons (Fsp3) is 0.318. The van der Waals surface area contributed by atoms with Crippen LogP contribution in [-0.2, 0) is 18.0 Å². The Morgan fingerprint density at radius 3 is 2.66 bits per heavy atom. The van der Waals surface area contributed by atoms with Gasteiger partial charge in [0.05, 0.1) is 25.1 Å². The van der Waals surface area contributed by atoms with Gasteiger partial charge in [0.15, 0.2) is 12.4 Å². The minimum atomic E-state index is -0.452. The van der Waals surface area contributed by atoms with Gasteiger partial charge in [-0.1, -0.05) is 30.3 Å². The number of hydrogen-bond acceptors (Lipinski definition) is 8. The van der Waals surface area contributed by atoms with E-state index < -0.39 is 5.91 Å². The van der Waals surface area contributed by atoms with E-state index in [1.807, 2.05) is 37.3 Å². The first kappa shape index (κ1) is 22.4. The van der Waals surface area contributed by atoms with Gasteiger partial charge in [0.2, 0.25) is 5.82 Å². The Kier molecular flexibility index (Phi) is 6.30. The zero-order chi connectivity index (χ0) is 24.2. The van der Waals surface area contributed by atoms with Gasteiger partial charge in [-0.2, -0.15) is 10.2 Å². The molecule has 0 unspecified atom stereocenters. The number of ether oxygens (including phenoxy) is 1. The molecule has 3 aromatic heterocycles. The molecule has 0 atom stereocenters. The summed E-state index contributed by atoms with van der Waals surface area (Å²) in [5.41, 5.74) is 1.72. The molecule has 0 radical (unpaired) electrons. The zero-order valence-corrected chi connectivity index (χ0v) is 19.1. The van der Waals surface area contributed by atoms with E-state index in [-0.39, 0.29) is 18.3 Å². The largest absolute Gasteiger partial charge is 0.378 e. The molecule has 0 aliphatic carbocycles. The van der Waals surface area contributed by atoms with E-state index in [1.54, 1.807) is 21.8 Å². The first-order chi connectivity index (χ1) is 17.1. The standard InChI is InChI=1S/C22H24N10O3/c1-2-31-19(22(34)29-10-12-35-13-11-29)18(14-23-31)24-21(33)17-8-9-30(26-17)15-32-27-20(25-28-32)16-6-4-3-5-7-16/h3-9,14H,2,10-13,15H2,1H3,(H,24,33). The third kappa shape index (κ3) is 4.80.